The van der Waals surface area contributed by atoms with Crippen LogP contribution in [0.3, 0.4) is 0 Å². The summed E-state index contributed by atoms with van der Waals surface area (Å²) in [6.45, 7) is 5.24. The van der Waals surface area contributed by atoms with Gasteiger partial charge in [0.05, 0.1) is 12.0 Å². The van der Waals surface area contributed by atoms with Crippen LogP contribution in [-0.2, 0) is 30.8 Å². The van der Waals surface area contributed by atoms with Crippen LogP contribution in [0.15, 0.2) is 84.9 Å². The van der Waals surface area contributed by atoms with Crippen LogP contribution in [0.5, 0.6) is 11.5 Å². The molecule has 1 amide bonds. The first-order chi connectivity index (χ1) is 19.1. The fraction of sp³-hybridized carbons (Fsp3) is 0.286. The third-order valence-electron chi connectivity index (χ3n) is 7.65. The minimum Gasteiger partial charge on any atom is -0.488 e. The number of amides is 1. The zero-order valence-electron chi connectivity index (χ0n) is 22.8. The maximum absolute atomic E-state index is 13.2. The summed E-state index contributed by atoms with van der Waals surface area (Å²) in [6.07, 6.45) is 4.54. The van der Waals surface area contributed by atoms with Gasteiger partial charge in [-0.15, -0.1) is 0 Å². The topological polar surface area (TPSA) is 38.8 Å². The minimum atomic E-state index is 0.195. The molecule has 4 heteroatoms. The first-order valence-electron chi connectivity index (χ1n) is 14.1. The highest BCUT2D eigenvalue weighted by Gasteiger charge is 2.40. The first-order valence-corrected chi connectivity index (χ1v) is 14.1. The van der Waals surface area contributed by atoms with Crippen LogP contribution in [0.4, 0.5) is 5.69 Å². The van der Waals surface area contributed by atoms with E-state index in [1.54, 1.807) is 0 Å². The number of fused-ring (bicyclic) bond motifs is 1. The summed E-state index contributed by atoms with van der Waals surface area (Å²) in [5.41, 5.74) is 8.68. The van der Waals surface area contributed by atoms with Crippen molar-refractivity contribution < 1.29 is 14.3 Å². The SMILES string of the molecule is CCCc1cc(OCc2ccccc2)c(-c2c(C)ccc3c2CC(=O)N3C2CC2)c(OCc2ccccc2)c1. The van der Waals surface area contributed by atoms with Crippen LogP contribution >= 0.6 is 0 Å². The van der Waals surface area contributed by atoms with Crippen LogP contribution in [0.1, 0.15) is 54.0 Å². The van der Waals surface area contributed by atoms with Crippen molar-refractivity contribution in [1.82, 2.24) is 0 Å². The van der Waals surface area contributed by atoms with E-state index in [0.29, 0.717) is 25.7 Å². The lowest BCUT2D eigenvalue weighted by atomic mass is 9.90. The van der Waals surface area contributed by atoms with E-state index in [4.69, 9.17) is 9.47 Å². The van der Waals surface area contributed by atoms with Gasteiger partial charge in [0.1, 0.15) is 24.7 Å². The van der Waals surface area contributed by atoms with E-state index in [2.05, 4.69) is 62.4 Å². The third kappa shape index (κ3) is 5.29. The van der Waals surface area contributed by atoms with Crippen molar-refractivity contribution in [2.75, 3.05) is 4.90 Å². The van der Waals surface area contributed by atoms with Gasteiger partial charge in [-0.3, -0.25) is 4.79 Å². The Labute approximate surface area is 231 Å². The fourth-order valence-electron chi connectivity index (χ4n) is 5.63. The Hall–Kier alpha value is -4.05. The summed E-state index contributed by atoms with van der Waals surface area (Å²) in [7, 11) is 0. The Kier molecular flexibility index (Phi) is 7.10. The molecule has 0 atom stereocenters. The molecule has 4 aromatic carbocycles. The Balaban J connectivity index is 1.49. The summed E-state index contributed by atoms with van der Waals surface area (Å²) >= 11 is 0. The number of ether oxygens (including phenoxy) is 2. The van der Waals surface area contributed by atoms with E-state index in [-0.39, 0.29) is 5.91 Å². The lowest BCUT2D eigenvalue weighted by molar-refractivity contribution is -0.117. The molecule has 39 heavy (non-hydrogen) atoms. The molecule has 4 nitrogen and oxygen atoms in total. The van der Waals surface area contributed by atoms with Crippen LogP contribution in [0.2, 0.25) is 0 Å². The van der Waals surface area contributed by atoms with Crippen LogP contribution < -0.4 is 14.4 Å². The molecule has 0 bridgehead atoms. The van der Waals surface area contributed by atoms with Crippen molar-refractivity contribution in [1.29, 1.82) is 0 Å². The molecule has 1 aliphatic heterocycles. The molecule has 0 radical (unpaired) electrons. The normalized spacial score (nSPS) is 14.4. The van der Waals surface area contributed by atoms with Crippen molar-refractivity contribution in [3.63, 3.8) is 0 Å². The standard InChI is InChI=1S/C35H35NO3/c1-3-10-27-19-31(38-22-25-11-6-4-7-12-25)35(32(20-27)39-23-26-13-8-5-9-14-26)34-24(2)15-18-30-29(34)21-33(37)36(30)28-16-17-28/h4-9,11-15,18-20,28H,3,10,16-17,21-23H2,1-2H3. The number of aryl methyl sites for hydroxylation is 2. The lowest BCUT2D eigenvalue weighted by Crippen LogP contribution is -2.28. The van der Waals surface area contributed by atoms with E-state index in [1.165, 1.54) is 5.56 Å². The van der Waals surface area contributed by atoms with Gasteiger partial charge in [0, 0.05) is 11.7 Å². The zero-order chi connectivity index (χ0) is 26.8. The molecular formula is C35H35NO3. The first kappa shape index (κ1) is 25.2. The molecule has 1 fully saturated rings. The predicted molar refractivity (Wildman–Crippen MR) is 156 cm³/mol. The Morgan fingerprint density at radius 3 is 1.90 bits per heavy atom. The number of hydrogen-bond acceptors (Lipinski definition) is 3. The van der Waals surface area contributed by atoms with Crippen LogP contribution in [-0.4, -0.2) is 11.9 Å². The number of rotatable bonds is 10. The van der Waals surface area contributed by atoms with Crippen molar-refractivity contribution >= 4 is 11.6 Å². The number of benzene rings is 4. The highest BCUT2D eigenvalue weighted by Crippen LogP contribution is 2.49. The predicted octanol–water partition coefficient (Wildman–Crippen LogP) is 7.82. The van der Waals surface area contributed by atoms with Gasteiger partial charge in [0.25, 0.3) is 0 Å². The van der Waals surface area contributed by atoms with E-state index < -0.39 is 0 Å². The Bertz CT molecular complexity index is 1410. The van der Waals surface area contributed by atoms with Gasteiger partial charge in [-0.2, -0.15) is 0 Å². The molecular weight excluding hydrogens is 482 g/mol. The summed E-state index contributed by atoms with van der Waals surface area (Å²) in [5, 5.41) is 0. The molecule has 0 saturated heterocycles. The molecule has 0 unspecified atom stereocenters. The Morgan fingerprint density at radius 2 is 1.36 bits per heavy atom. The average molecular weight is 518 g/mol. The van der Waals surface area contributed by atoms with Crippen molar-refractivity contribution in [3.8, 4) is 22.6 Å². The third-order valence-corrected chi connectivity index (χ3v) is 7.65. The van der Waals surface area contributed by atoms with Crippen molar-refractivity contribution in [3.05, 3.63) is 113 Å². The van der Waals surface area contributed by atoms with Crippen LogP contribution in [0.25, 0.3) is 11.1 Å². The van der Waals surface area contributed by atoms with E-state index >= 15 is 0 Å². The summed E-state index contributed by atoms with van der Waals surface area (Å²) in [4.78, 5) is 15.2. The molecule has 0 aromatic heterocycles. The average Bonchev–Trinajstić information content (AvgIpc) is 3.73. The number of carbonyl (C=O) groups is 1. The molecule has 0 spiro atoms. The molecule has 4 aromatic rings. The molecule has 1 heterocycles. The van der Waals surface area contributed by atoms with E-state index in [1.807, 2.05) is 41.3 Å². The quantitative estimate of drug-likeness (QED) is 0.215. The molecule has 0 N–H and O–H groups in total. The van der Waals surface area contributed by atoms with Gasteiger partial charge in [0.2, 0.25) is 5.91 Å². The second-order valence-electron chi connectivity index (χ2n) is 10.7. The van der Waals surface area contributed by atoms with Gasteiger partial charge in [0.15, 0.2) is 0 Å². The smallest absolute Gasteiger partial charge is 0.231 e. The minimum absolute atomic E-state index is 0.195. The highest BCUT2D eigenvalue weighted by molar-refractivity contribution is 6.05. The molecule has 1 aliphatic carbocycles. The van der Waals surface area contributed by atoms with Gasteiger partial charge < -0.3 is 14.4 Å². The number of nitrogens with zero attached hydrogens (tertiary/aromatic N) is 1. The van der Waals surface area contributed by atoms with Crippen molar-refractivity contribution in [2.24, 2.45) is 0 Å². The number of carbonyl (C=O) groups excluding carboxylic acids is 1. The van der Waals surface area contributed by atoms with Gasteiger partial charge >= 0.3 is 0 Å². The van der Waals surface area contributed by atoms with Crippen molar-refractivity contribution in [2.45, 2.75) is 65.2 Å². The van der Waals surface area contributed by atoms with E-state index in [9.17, 15) is 4.79 Å². The monoisotopic (exact) mass is 517 g/mol. The molecule has 1 saturated carbocycles. The molecule has 2 aliphatic rings. The summed E-state index contributed by atoms with van der Waals surface area (Å²) in [6, 6.07) is 29.5. The van der Waals surface area contributed by atoms with Crippen LogP contribution in [0, 0.1) is 6.92 Å². The summed E-state index contributed by atoms with van der Waals surface area (Å²) in [5.74, 6) is 1.81. The highest BCUT2D eigenvalue weighted by atomic mass is 16.5. The number of hydrogen-bond donors (Lipinski definition) is 0. The maximum Gasteiger partial charge on any atom is 0.231 e. The molecule has 6 rings (SSSR count). The Morgan fingerprint density at radius 1 is 0.769 bits per heavy atom. The zero-order valence-corrected chi connectivity index (χ0v) is 22.8. The molecule has 198 valence electrons. The summed E-state index contributed by atoms with van der Waals surface area (Å²) < 4.78 is 13.2. The largest absolute Gasteiger partial charge is 0.488 e. The lowest BCUT2D eigenvalue weighted by Gasteiger charge is -2.23. The fourth-order valence-corrected chi connectivity index (χ4v) is 5.63. The van der Waals surface area contributed by atoms with Gasteiger partial charge in [-0.25, -0.2) is 0 Å². The van der Waals surface area contributed by atoms with Gasteiger partial charge in [-0.1, -0.05) is 80.1 Å². The second-order valence-corrected chi connectivity index (χ2v) is 10.7. The second kappa shape index (κ2) is 11.0. The van der Waals surface area contributed by atoms with Gasteiger partial charge in [-0.05, 0) is 77.8 Å². The number of anilines is 1. The van der Waals surface area contributed by atoms with E-state index in [0.717, 1.165) is 76.3 Å². The maximum atomic E-state index is 13.2.